The number of aromatic nitrogens is 2. The van der Waals surface area contributed by atoms with Crippen LogP contribution in [0.15, 0.2) is 30.5 Å². The van der Waals surface area contributed by atoms with Gasteiger partial charge in [0, 0.05) is 24.8 Å². The highest BCUT2D eigenvalue weighted by molar-refractivity contribution is 6.30. The van der Waals surface area contributed by atoms with Crippen molar-refractivity contribution in [3.8, 4) is 5.75 Å². The van der Waals surface area contributed by atoms with Gasteiger partial charge >= 0.3 is 12.3 Å². The third-order valence-corrected chi connectivity index (χ3v) is 5.61. The minimum atomic E-state index is -4.81. The summed E-state index contributed by atoms with van der Waals surface area (Å²) < 4.78 is 63.1. The fraction of sp³-hybridized carbons (Fsp3) is 0.458. The molecule has 0 spiro atoms. The van der Waals surface area contributed by atoms with Crippen molar-refractivity contribution >= 4 is 35.3 Å². The predicted octanol–water partition coefficient (Wildman–Crippen LogP) is 4.19. The van der Waals surface area contributed by atoms with E-state index in [2.05, 4.69) is 20.6 Å². The first-order valence-corrected chi connectivity index (χ1v) is 12.1. The number of carbonyl (C=O) groups excluding carboxylic acids is 3. The Bertz CT molecular complexity index is 1220. The molecule has 1 aromatic carbocycles. The number of nitrogens with zero attached hydrogens (tertiary/aromatic N) is 3. The summed E-state index contributed by atoms with van der Waals surface area (Å²) in [5, 5.41) is 4.87. The number of benzene rings is 1. The average molecular weight is 576 g/mol. The van der Waals surface area contributed by atoms with Crippen LogP contribution in [0.2, 0.25) is 5.02 Å². The van der Waals surface area contributed by atoms with Crippen molar-refractivity contribution in [2.24, 2.45) is 0 Å². The van der Waals surface area contributed by atoms with Crippen LogP contribution in [0.25, 0.3) is 0 Å². The smallest absolute Gasteiger partial charge is 0.451 e. The zero-order valence-electron chi connectivity index (χ0n) is 21.1. The molecule has 1 aliphatic rings. The summed E-state index contributed by atoms with van der Waals surface area (Å²) in [4.78, 5) is 45.9. The van der Waals surface area contributed by atoms with E-state index in [0.29, 0.717) is 0 Å². The summed E-state index contributed by atoms with van der Waals surface area (Å²) in [6.45, 7) is 4.29. The molecule has 0 saturated carbocycles. The Kier molecular flexibility index (Phi) is 9.20. The van der Waals surface area contributed by atoms with Crippen LogP contribution in [-0.4, -0.2) is 63.6 Å². The Balaban J connectivity index is 1.68. The summed E-state index contributed by atoms with van der Waals surface area (Å²) in [7, 11) is 0. The molecule has 2 atom stereocenters. The maximum atomic E-state index is 13.6. The number of likely N-dealkylation sites (tertiary alicyclic amines) is 1. The van der Waals surface area contributed by atoms with Crippen LogP contribution in [-0.2, 0) is 20.5 Å². The first kappa shape index (κ1) is 29.9. The molecule has 0 bridgehead atoms. The van der Waals surface area contributed by atoms with Gasteiger partial charge < -0.3 is 20.1 Å². The Morgan fingerprint density at radius 2 is 1.87 bits per heavy atom. The van der Waals surface area contributed by atoms with Gasteiger partial charge in [-0.25, -0.2) is 19.2 Å². The largest absolute Gasteiger partial charge is 0.484 e. The van der Waals surface area contributed by atoms with Gasteiger partial charge in [0.2, 0.25) is 11.7 Å². The van der Waals surface area contributed by atoms with E-state index in [1.165, 1.54) is 12.1 Å². The van der Waals surface area contributed by atoms with Gasteiger partial charge in [-0.05, 0) is 51.8 Å². The second-order valence-electron chi connectivity index (χ2n) is 9.61. The highest BCUT2D eigenvalue weighted by atomic mass is 35.5. The lowest BCUT2D eigenvalue weighted by molar-refractivity contribution is -0.145. The summed E-state index contributed by atoms with van der Waals surface area (Å²) in [6.07, 6.45) is -4.52. The number of ether oxygens (including phenoxy) is 2. The molecule has 10 nitrogen and oxygen atoms in total. The monoisotopic (exact) mass is 575 g/mol. The van der Waals surface area contributed by atoms with Crippen LogP contribution in [0, 0.1) is 5.82 Å². The third kappa shape index (κ3) is 8.67. The standard InChI is InChI=1S/C24H26ClF4N5O5/c1-23(2,3)39-22(37)34-11-13(31-19(35)12-38-14-5-6-15(25)16(26)10-14)4-7-17(34)20(36)32-18-8-9-30-21(33-18)24(27,28)29/h5-6,8-10,13,17H,4,7,11-12H2,1-3H3,(H,31,35)(H,30,32,33,36)/t13?,17-/m0/s1. The fourth-order valence-electron chi connectivity index (χ4n) is 3.64. The molecule has 1 aliphatic heterocycles. The topological polar surface area (TPSA) is 123 Å². The zero-order chi connectivity index (χ0) is 29.0. The Morgan fingerprint density at radius 1 is 1.15 bits per heavy atom. The lowest BCUT2D eigenvalue weighted by atomic mass is 9.97. The maximum absolute atomic E-state index is 13.6. The molecule has 1 saturated heterocycles. The fourth-order valence-corrected chi connectivity index (χ4v) is 3.76. The second kappa shape index (κ2) is 12.0. The molecular formula is C24H26ClF4N5O5. The van der Waals surface area contributed by atoms with Crippen molar-refractivity contribution in [2.75, 3.05) is 18.5 Å². The van der Waals surface area contributed by atoms with Gasteiger partial charge in [0.1, 0.15) is 29.0 Å². The van der Waals surface area contributed by atoms with Crippen LogP contribution in [0.4, 0.5) is 28.2 Å². The molecule has 0 radical (unpaired) electrons. The Labute approximate surface area is 226 Å². The number of piperidine rings is 1. The van der Waals surface area contributed by atoms with Crippen molar-refractivity contribution in [3.63, 3.8) is 0 Å². The molecule has 2 N–H and O–H groups in total. The molecule has 3 rings (SSSR count). The van der Waals surface area contributed by atoms with Gasteiger partial charge in [-0.2, -0.15) is 13.2 Å². The number of halogens is 5. The van der Waals surface area contributed by atoms with Gasteiger partial charge in [0.25, 0.3) is 5.91 Å². The van der Waals surface area contributed by atoms with E-state index in [0.717, 1.165) is 23.2 Å². The molecule has 3 amide bonds. The summed E-state index contributed by atoms with van der Waals surface area (Å²) in [5.41, 5.74) is -0.912. The van der Waals surface area contributed by atoms with Crippen LogP contribution in [0.5, 0.6) is 5.75 Å². The van der Waals surface area contributed by atoms with Crippen LogP contribution >= 0.6 is 11.6 Å². The summed E-state index contributed by atoms with van der Waals surface area (Å²) in [5.74, 6) is -3.80. The van der Waals surface area contributed by atoms with Crippen molar-refractivity contribution in [1.82, 2.24) is 20.2 Å². The third-order valence-electron chi connectivity index (χ3n) is 5.30. The lowest BCUT2D eigenvalue weighted by Crippen LogP contribution is -2.58. The van der Waals surface area contributed by atoms with Crippen LogP contribution in [0.1, 0.15) is 39.4 Å². The van der Waals surface area contributed by atoms with E-state index in [1.807, 2.05) is 0 Å². The molecule has 2 aromatic rings. The molecule has 39 heavy (non-hydrogen) atoms. The summed E-state index contributed by atoms with van der Waals surface area (Å²) >= 11 is 5.62. The predicted molar refractivity (Wildman–Crippen MR) is 130 cm³/mol. The molecule has 1 aromatic heterocycles. The highest BCUT2D eigenvalue weighted by Crippen LogP contribution is 2.27. The SMILES string of the molecule is CC(C)(C)OC(=O)N1CC(NC(=O)COc2ccc(Cl)c(F)c2)CC[C@H]1C(=O)Nc1ccnc(C(F)(F)F)n1. The van der Waals surface area contributed by atoms with E-state index in [1.54, 1.807) is 20.8 Å². The highest BCUT2D eigenvalue weighted by Gasteiger charge is 2.39. The number of rotatable bonds is 6. The molecule has 15 heteroatoms. The van der Waals surface area contributed by atoms with E-state index in [-0.39, 0.29) is 30.2 Å². The van der Waals surface area contributed by atoms with Crippen molar-refractivity contribution in [1.29, 1.82) is 0 Å². The molecule has 2 heterocycles. The zero-order valence-corrected chi connectivity index (χ0v) is 21.9. The number of carbonyl (C=O) groups is 3. The normalized spacial score (nSPS) is 17.8. The maximum Gasteiger partial charge on any atom is 0.451 e. The molecule has 1 unspecified atom stereocenters. The molecule has 1 fully saturated rings. The van der Waals surface area contributed by atoms with Crippen molar-refractivity contribution in [3.05, 3.63) is 47.1 Å². The average Bonchev–Trinajstić information content (AvgIpc) is 2.83. The van der Waals surface area contributed by atoms with E-state index in [4.69, 9.17) is 21.1 Å². The second-order valence-corrected chi connectivity index (χ2v) is 10.0. The van der Waals surface area contributed by atoms with Gasteiger partial charge in [-0.15, -0.1) is 0 Å². The van der Waals surface area contributed by atoms with Crippen molar-refractivity contribution < 1.29 is 41.4 Å². The van der Waals surface area contributed by atoms with E-state index in [9.17, 15) is 31.9 Å². The minimum absolute atomic E-state index is 0.0521. The first-order valence-electron chi connectivity index (χ1n) is 11.7. The number of alkyl halides is 3. The van der Waals surface area contributed by atoms with Gasteiger partial charge in [0.05, 0.1) is 5.02 Å². The minimum Gasteiger partial charge on any atom is -0.484 e. The van der Waals surface area contributed by atoms with Gasteiger partial charge in [-0.1, -0.05) is 11.6 Å². The first-order chi connectivity index (χ1) is 18.1. The lowest BCUT2D eigenvalue weighted by Gasteiger charge is -2.39. The quantitative estimate of drug-likeness (QED) is 0.495. The van der Waals surface area contributed by atoms with Crippen LogP contribution in [0.3, 0.4) is 0 Å². The Morgan fingerprint density at radius 3 is 2.51 bits per heavy atom. The number of hydrogen-bond acceptors (Lipinski definition) is 7. The molecule has 212 valence electrons. The molecular weight excluding hydrogens is 550 g/mol. The van der Waals surface area contributed by atoms with Crippen molar-refractivity contribution in [2.45, 2.75) is 57.5 Å². The van der Waals surface area contributed by atoms with E-state index >= 15 is 0 Å². The number of hydrogen-bond donors (Lipinski definition) is 2. The number of amides is 3. The number of anilines is 1. The molecule has 0 aliphatic carbocycles. The van der Waals surface area contributed by atoms with Gasteiger partial charge in [0.15, 0.2) is 6.61 Å². The summed E-state index contributed by atoms with van der Waals surface area (Å²) in [6, 6.07) is 3.06. The van der Waals surface area contributed by atoms with Crippen LogP contribution < -0.4 is 15.4 Å². The van der Waals surface area contributed by atoms with E-state index < -0.39 is 65.8 Å². The Hall–Kier alpha value is -3.68. The number of nitrogens with one attached hydrogen (secondary N) is 2. The van der Waals surface area contributed by atoms with Gasteiger partial charge in [-0.3, -0.25) is 14.5 Å².